The zero-order chi connectivity index (χ0) is 25.0. The van der Waals surface area contributed by atoms with Gasteiger partial charge in [0.1, 0.15) is 5.82 Å². The molecule has 2 aromatic heterocycles. The Kier molecular flexibility index (Phi) is 6.04. The Bertz CT molecular complexity index is 1270. The van der Waals surface area contributed by atoms with E-state index < -0.39 is 23.1 Å². The van der Waals surface area contributed by atoms with Crippen molar-refractivity contribution in [2.24, 2.45) is 5.41 Å². The standard InChI is InChI=1S/C24H26ClF3N4O2/c1-13(2)20-14(3)29-19-11-18(16-7-6-15(10-17(16)25)24(26,27)28)30-32(19)21(20)31-9-5-8-23(4,12-31)22(33)34/h6-7,10-11,13H,5,8-9,12H2,1-4H3,(H,33,34). The van der Waals surface area contributed by atoms with Crippen molar-refractivity contribution < 1.29 is 23.1 Å². The molecular weight excluding hydrogens is 469 g/mol. The van der Waals surface area contributed by atoms with Crippen molar-refractivity contribution in [3.63, 3.8) is 0 Å². The van der Waals surface area contributed by atoms with Gasteiger partial charge in [-0.3, -0.25) is 4.79 Å². The highest BCUT2D eigenvalue weighted by Gasteiger charge is 2.39. The molecule has 1 atom stereocenters. The van der Waals surface area contributed by atoms with E-state index in [1.165, 1.54) is 6.07 Å². The lowest BCUT2D eigenvalue weighted by Gasteiger charge is -2.40. The number of carboxylic acid groups (broad SMARTS) is 1. The van der Waals surface area contributed by atoms with Crippen LogP contribution in [-0.4, -0.2) is 38.8 Å². The molecule has 0 amide bonds. The van der Waals surface area contributed by atoms with E-state index in [0.717, 1.165) is 29.2 Å². The normalized spacial score (nSPS) is 19.3. The molecule has 0 aliphatic carbocycles. The molecule has 0 bridgehead atoms. The fourth-order valence-electron chi connectivity index (χ4n) is 4.72. The lowest BCUT2D eigenvalue weighted by Crippen LogP contribution is -2.47. The van der Waals surface area contributed by atoms with Gasteiger partial charge in [-0.15, -0.1) is 0 Å². The number of hydrogen-bond donors (Lipinski definition) is 1. The van der Waals surface area contributed by atoms with Gasteiger partial charge in [-0.1, -0.05) is 31.5 Å². The summed E-state index contributed by atoms with van der Waals surface area (Å²) in [6.07, 6.45) is -3.21. The van der Waals surface area contributed by atoms with Gasteiger partial charge in [0.2, 0.25) is 0 Å². The van der Waals surface area contributed by atoms with Crippen molar-refractivity contribution in [1.29, 1.82) is 0 Å². The van der Waals surface area contributed by atoms with Crippen LogP contribution in [0.5, 0.6) is 0 Å². The third-order valence-corrected chi connectivity index (χ3v) is 6.78. The van der Waals surface area contributed by atoms with Crippen molar-refractivity contribution in [3.05, 3.63) is 46.1 Å². The predicted molar refractivity (Wildman–Crippen MR) is 124 cm³/mol. The second-order valence-corrected chi connectivity index (χ2v) is 9.88. The van der Waals surface area contributed by atoms with Gasteiger partial charge < -0.3 is 10.0 Å². The molecular formula is C24H26ClF3N4O2. The fraction of sp³-hybridized carbons (Fsp3) is 0.458. The summed E-state index contributed by atoms with van der Waals surface area (Å²) < 4.78 is 40.9. The Morgan fingerprint density at radius 1 is 1.26 bits per heavy atom. The minimum absolute atomic E-state index is 0.0583. The number of aromatic nitrogens is 3. The minimum atomic E-state index is -4.50. The number of anilines is 1. The fourth-order valence-corrected chi connectivity index (χ4v) is 5.00. The molecule has 1 aliphatic heterocycles. The van der Waals surface area contributed by atoms with E-state index in [2.05, 4.69) is 5.10 Å². The maximum absolute atomic E-state index is 13.1. The number of aryl methyl sites for hydroxylation is 1. The first-order valence-electron chi connectivity index (χ1n) is 11.1. The van der Waals surface area contributed by atoms with Gasteiger partial charge in [0.15, 0.2) is 5.65 Å². The molecule has 1 unspecified atom stereocenters. The summed E-state index contributed by atoms with van der Waals surface area (Å²) in [6.45, 7) is 8.71. The van der Waals surface area contributed by atoms with E-state index in [1.54, 1.807) is 17.5 Å². The third-order valence-electron chi connectivity index (χ3n) is 6.47. The van der Waals surface area contributed by atoms with Gasteiger partial charge in [-0.25, -0.2) is 4.98 Å². The molecule has 6 nitrogen and oxygen atoms in total. The number of hydrogen-bond acceptors (Lipinski definition) is 4. The molecule has 1 aromatic carbocycles. The van der Waals surface area contributed by atoms with E-state index in [0.29, 0.717) is 42.8 Å². The Labute approximate surface area is 200 Å². The van der Waals surface area contributed by atoms with Crippen LogP contribution in [0.3, 0.4) is 0 Å². The number of alkyl halides is 3. The number of aliphatic carboxylic acids is 1. The van der Waals surface area contributed by atoms with Crippen molar-refractivity contribution in [1.82, 2.24) is 14.6 Å². The molecule has 1 fully saturated rings. The molecule has 1 N–H and O–H groups in total. The molecule has 4 rings (SSSR count). The summed E-state index contributed by atoms with van der Waals surface area (Å²) in [7, 11) is 0. The summed E-state index contributed by atoms with van der Waals surface area (Å²) in [4.78, 5) is 18.7. The van der Waals surface area contributed by atoms with Crippen LogP contribution in [0, 0.1) is 12.3 Å². The largest absolute Gasteiger partial charge is 0.481 e. The first-order valence-corrected chi connectivity index (χ1v) is 11.5. The van der Waals surface area contributed by atoms with Crippen LogP contribution in [0.1, 0.15) is 56.4 Å². The molecule has 1 aliphatic rings. The summed E-state index contributed by atoms with van der Waals surface area (Å²) in [5, 5.41) is 14.4. The summed E-state index contributed by atoms with van der Waals surface area (Å²) in [6, 6.07) is 4.87. The predicted octanol–water partition coefficient (Wildman–Crippen LogP) is 6.19. The van der Waals surface area contributed by atoms with Crippen LogP contribution < -0.4 is 4.90 Å². The van der Waals surface area contributed by atoms with Crippen molar-refractivity contribution in [3.8, 4) is 11.3 Å². The molecule has 10 heteroatoms. The van der Waals surface area contributed by atoms with Crippen LogP contribution in [0.25, 0.3) is 16.9 Å². The van der Waals surface area contributed by atoms with Crippen molar-refractivity contribution in [2.45, 2.75) is 52.6 Å². The van der Waals surface area contributed by atoms with Crippen LogP contribution >= 0.6 is 11.6 Å². The number of benzene rings is 1. The Balaban J connectivity index is 1.89. The number of fused-ring (bicyclic) bond motifs is 1. The zero-order valence-electron chi connectivity index (χ0n) is 19.4. The number of carboxylic acids is 1. The second kappa shape index (κ2) is 8.45. The molecule has 0 radical (unpaired) electrons. The Morgan fingerprint density at radius 2 is 1.97 bits per heavy atom. The summed E-state index contributed by atoms with van der Waals surface area (Å²) in [5.74, 6) is 0.00851. The Hall–Kier alpha value is -2.81. The van der Waals surface area contributed by atoms with Crippen LogP contribution in [-0.2, 0) is 11.0 Å². The lowest BCUT2D eigenvalue weighted by atomic mass is 9.81. The number of halogens is 4. The molecule has 1 saturated heterocycles. The average Bonchev–Trinajstić information content (AvgIpc) is 3.14. The number of rotatable bonds is 4. The summed E-state index contributed by atoms with van der Waals surface area (Å²) >= 11 is 6.23. The molecule has 182 valence electrons. The quantitative estimate of drug-likeness (QED) is 0.468. The first kappa shape index (κ1) is 24.3. The van der Waals surface area contributed by atoms with E-state index in [-0.39, 0.29) is 10.9 Å². The number of nitrogens with zero attached hydrogens (tertiary/aromatic N) is 4. The zero-order valence-corrected chi connectivity index (χ0v) is 20.1. The van der Waals surface area contributed by atoms with Crippen LogP contribution in [0.2, 0.25) is 5.02 Å². The highest BCUT2D eigenvalue weighted by molar-refractivity contribution is 6.33. The highest BCUT2D eigenvalue weighted by atomic mass is 35.5. The van der Waals surface area contributed by atoms with Crippen molar-refractivity contribution in [2.75, 3.05) is 18.0 Å². The lowest BCUT2D eigenvalue weighted by molar-refractivity contribution is -0.148. The van der Waals surface area contributed by atoms with Gasteiger partial charge in [-0.05, 0) is 44.7 Å². The maximum atomic E-state index is 13.1. The van der Waals surface area contributed by atoms with Crippen LogP contribution in [0.15, 0.2) is 24.3 Å². The van der Waals surface area contributed by atoms with Gasteiger partial charge in [0.25, 0.3) is 0 Å². The number of piperidine rings is 1. The topological polar surface area (TPSA) is 70.7 Å². The first-order chi connectivity index (χ1) is 15.8. The van der Waals surface area contributed by atoms with Crippen molar-refractivity contribution >= 4 is 29.0 Å². The monoisotopic (exact) mass is 494 g/mol. The van der Waals surface area contributed by atoms with Crippen LogP contribution in [0.4, 0.5) is 19.0 Å². The van der Waals surface area contributed by atoms with Gasteiger partial charge in [-0.2, -0.15) is 22.8 Å². The third kappa shape index (κ3) is 4.21. The average molecular weight is 495 g/mol. The Morgan fingerprint density at radius 3 is 2.56 bits per heavy atom. The van der Waals surface area contributed by atoms with Gasteiger partial charge in [0, 0.05) is 36.0 Å². The van der Waals surface area contributed by atoms with E-state index in [4.69, 9.17) is 16.6 Å². The summed E-state index contributed by atoms with van der Waals surface area (Å²) in [5.41, 5.74) is 1.30. The van der Waals surface area contributed by atoms with Gasteiger partial charge >= 0.3 is 12.1 Å². The molecule has 0 spiro atoms. The molecule has 3 heterocycles. The molecule has 34 heavy (non-hydrogen) atoms. The highest BCUT2D eigenvalue weighted by Crippen LogP contribution is 2.39. The molecule has 0 saturated carbocycles. The van der Waals surface area contributed by atoms with E-state index in [1.807, 2.05) is 25.7 Å². The SMILES string of the molecule is Cc1nc2cc(-c3ccc(C(F)(F)F)cc3Cl)nn2c(N2CCCC(C)(C(=O)O)C2)c1C(C)C. The van der Waals surface area contributed by atoms with E-state index >= 15 is 0 Å². The maximum Gasteiger partial charge on any atom is 0.416 e. The minimum Gasteiger partial charge on any atom is -0.481 e. The molecule has 3 aromatic rings. The van der Waals surface area contributed by atoms with Gasteiger partial charge in [0.05, 0.1) is 21.7 Å². The van der Waals surface area contributed by atoms with E-state index in [9.17, 15) is 23.1 Å². The number of carbonyl (C=O) groups is 1. The smallest absolute Gasteiger partial charge is 0.416 e. The second-order valence-electron chi connectivity index (χ2n) is 9.47.